The molecule has 4 heteroatoms. The highest BCUT2D eigenvalue weighted by atomic mass is 35.5. The Kier molecular flexibility index (Phi) is 3.15. The van der Waals surface area contributed by atoms with E-state index in [2.05, 4.69) is 22.1 Å². The molecule has 3 nitrogen and oxygen atoms in total. The summed E-state index contributed by atoms with van der Waals surface area (Å²) in [7, 11) is 0. The van der Waals surface area contributed by atoms with E-state index in [0.29, 0.717) is 11.8 Å². The van der Waals surface area contributed by atoms with E-state index in [1.807, 2.05) is 6.07 Å². The molecular weight excluding hydrogens is 248 g/mol. The van der Waals surface area contributed by atoms with Gasteiger partial charge in [-0.3, -0.25) is 4.98 Å². The summed E-state index contributed by atoms with van der Waals surface area (Å²) in [6.07, 6.45) is 6.77. The van der Waals surface area contributed by atoms with Gasteiger partial charge in [-0.25, -0.2) is 4.98 Å². The maximum atomic E-state index is 5.71. The minimum absolute atomic E-state index is 0.399. The first kappa shape index (κ1) is 11.5. The molecule has 1 aromatic heterocycles. The second kappa shape index (κ2) is 4.94. The number of hydrogen-bond donors (Lipinski definition) is 0. The van der Waals surface area contributed by atoms with Gasteiger partial charge in [0.1, 0.15) is 17.5 Å². The Hall–Kier alpha value is -1.61. The van der Waals surface area contributed by atoms with Gasteiger partial charge < -0.3 is 4.74 Å². The number of nitrogens with zero attached hydrogens (tertiary/aromatic N) is 2. The third kappa shape index (κ3) is 2.46. The third-order valence-electron chi connectivity index (χ3n) is 3.13. The van der Waals surface area contributed by atoms with Crippen LogP contribution in [0.25, 0.3) is 0 Å². The van der Waals surface area contributed by atoms with E-state index in [0.717, 1.165) is 17.9 Å². The Bertz CT molecular complexity index is 554. The smallest absolute Gasteiger partial charge is 0.147 e. The molecule has 0 saturated carbocycles. The Labute approximate surface area is 111 Å². The first-order chi connectivity index (χ1) is 8.81. The molecule has 1 aliphatic carbocycles. The number of hydrogen-bond acceptors (Lipinski definition) is 3. The van der Waals surface area contributed by atoms with Gasteiger partial charge in [-0.1, -0.05) is 17.7 Å². The molecule has 0 radical (unpaired) electrons. The molecule has 18 heavy (non-hydrogen) atoms. The maximum absolute atomic E-state index is 5.71. The van der Waals surface area contributed by atoms with Gasteiger partial charge in [0.2, 0.25) is 0 Å². The number of aryl methyl sites for hydroxylation is 2. The summed E-state index contributed by atoms with van der Waals surface area (Å²) in [4.78, 5) is 8.12. The SMILES string of the molecule is Clc1cnc(COc2ccc3c(c2)CCC3)cn1. The summed E-state index contributed by atoms with van der Waals surface area (Å²) < 4.78 is 5.71. The van der Waals surface area contributed by atoms with Crippen LogP contribution in [0.2, 0.25) is 5.15 Å². The average Bonchev–Trinajstić information content (AvgIpc) is 2.85. The fraction of sp³-hybridized carbons (Fsp3) is 0.286. The summed E-state index contributed by atoms with van der Waals surface area (Å²) >= 11 is 5.68. The lowest BCUT2D eigenvalue weighted by Gasteiger charge is -2.07. The summed E-state index contributed by atoms with van der Waals surface area (Å²) in [6, 6.07) is 6.31. The molecule has 3 rings (SSSR count). The zero-order chi connectivity index (χ0) is 12.4. The van der Waals surface area contributed by atoms with Crippen molar-refractivity contribution in [2.24, 2.45) is 0 Å². The second-order valence-electron chi connectivity index (χ2n) is 4.40. The second-order valence-corrected chi connectivity index (χ2v) is 4.79. The number of ether oxygens (including phenoxy) is 1. The molecule has 2 aromatic rings. The van der Waals surface area contributed by atoms with Crippen LogP contribution in [0.5, 0.6) is 5.75 Å². The molecule has 1 heterocycles. The Morgan fingerprint density at radius 2 is 2.00 bits per heavy atom. The van der Waals surface area contributed by atoms with Gasteiger partial charge in [0, 0.05) is 0 Å². The molecule has 0 amide bonds. The van der Waals surface area contributed by atoms with Gasteiger partial charge in [-0.05, 0) is 42.5 Å². The number of aromatic nitrogens is 2. The van der Waals surface area contributed by atoms with E-state index in [1.54, 1.807) is 6.20 Å². The molecule has 0 fully saturated rings. The molecule has 1 aromatic carbocycles. The number of benzene rings is 1. The van der Waals surface area contributed by atoms with Gasteiger partial charge in [0.05, 0.1) is 18.1 Å². The maximum Gasteiger partial charge on any atom is 0.147 e. The summed E-state index contributed by atoms with van der Waals surface area (Å²) in [5, 5.41) is 0.399. The fourth-order valence-electron chi connectivity index (χ4n) is 2.21. The van der Waals surface area contributed by atoms with E-state index in [4.69, 9.17) is 16.3 Å². The Morgan fingerprint density at radius 1 is 1.11 bits per heavy atom. The van der Waals surface area contributed by atoms with Crippen LogP contribution >= 0.6 is 11.6 Å². The van der Waals surface area contributed by atoms with Crippen LogP contribution in [0.15, 0.2) is 30.6 Å². The van der Waals surface area contributed by atoms with Crippen molar-refractivity contribution in [3.8, 4) is 5.75 Å². The van der Waals surface area contributed by atoms with Crippen molar-refractivity contribution in [2.75, 3.05) is 0 Å². The average molecular weight is 261 g/mol. The molecule has 0 saturated heterocycles. The van der Waals surface area contributed by atoms with E-state index < -0.39 is 0 Å². The van der Waals surface area contributed by atoms with Gasteiger partial charge >= 0.3 is 0 Å². The highest BCUT2D eigenvalue weighted by Gasteiger charge is 2.11. The Balaban J connectivity index is 1.68. The largest absolute Gasteiger partial charge is 0.487 e. The van der Waals surface area contributed by atoms with E-state index in [-0.39, 0.29) is 0 Å². The molecular formula is C14H13ClN2O. The van der Waals surface area contributed by atoms with Crippen molar-refractivity contribution in [2.45, 2.75) is 25.9 Å². The van der Waals surface area contributed by atoms with Crippen LogP contribution in [-0.2, 0) is 19.4 Å². The van der Waals surface area contributed by atoms with Crippen molar-refractivity contribution in [1.29, 1.82) is 0 Å². The summed E-state index contributed by atoms with van der Waals surface area (Å²) in [6.45, 7) is 0.420. The number of rotatable bonds is 3. The zero-order valence-electron chi connectivity index (χ0n) is 9.90. The molecule has 0 aliphatic heterocycles. The highest BCUT2D eigenvalue weighted by Crippen LogP contribution is 2.26. The highest BCUT2D eigenvalue weighted by molar-refractivity contribution is 6.29. The van der Waals surface area contributed by atoms with Gasteiger partial charge in [0.25, 0.3) is 0 Å². The van der Waals surface area contributed by atoms with Crippen molar-refractivity contribution in [3.05, 3.63) is 52.6 Å². The van der Waals surface area contributed by atoms with Crippen molar-refractivity contribution < 1.29 is 4.74 Å². The lowest BCUT2D eigenvalue weighted by Crippen LogP contribution is -1.99. The fourth-order valence-corrected chi connectivity index (χ4v) is 2.31. The minimum Gasteiger partial charge on any atom is -0.487 e. The third-order valence-corrected chi connectivity index (χ3v) is 3.33. The minimum atomic E-state index is 0.399. The summed E-state index contributed by atoms with van der Waals surface area (Å²) in [5.41, 5.74) is 3.64. The quantitative estimate of drug-likeness (QED) is 0.850. The van der Waals surface area contributed by atoms with Crippen LogP contribution < -0.4 is 4.74 Å². The van der Waals surface area contributed by atoms with Gasteiger partial charge in [-0.2, -0.15) is 0 Å². The predicted octanol–water partition coefficient (Wildman–Crippen LogP) is 3.20. The first-order valence-electron chi connectivity index (χ1n) is 6.02. The van der Waals surface area contributed by atoms with Crippen LogP contribution in [0.4, 0.5) is 0 Å². The number of fused-ring (bicyclic) bond motifs is 1. The molecule has 0 unspecified atom stereocenters. The van der Waals surface area contributed by atoms with Gasteiger partial charge in [-0.15, -0.1) is 0 Å². The first-order valence-corrected chi connectivity index (χ1v) is 6.40. The molecule has 0 spiro atoms. The molecule has 1 aliphatic rings. The van der Waals surface area contributed by atoms with Gasteiger partial charge in [0.15, 0.2) is 0 Å². The van der Waals surface area contributed by atoms with E-state index in [9.17, 15) is 0 Å². The van der Waals surface area contributed by atoms with Crippen LogP contribution in [0.1, 0.15) is 23.2 Å². The zero-order valence-corrected chi connectivity index (χ0v) is 10.7. The molecule has 0 N–H and O–H groups in total. The Morgan fingerprint density at radius 3 is 2.83 bits per heavy atom. The molecule has 0 atom stereocenters. The van der Waals surface area contributed by atoms with Crippen molar-refractivity contribution >= 4 is 11.6 Å². The normalized spacial score (nSPS) is 13.4. The number of halogens is 1. The van der Waals surface area contributed by atoms with Crippen LogP contribution in [0.3, 0.4) is 0 Å². The van der Waals surface area contributed by atoms with Crippen molar-refractivity contribution in [3.63, 3.8) is 0 Å². The monoisotopic (exact) mass is 260 g/mol. The molecule has 92 valence electrons. The van der Waals surface area contributed by atoms with Crippen LogP contribution in [0, 0.1) is 0 Å². The van der Waals surface area contributed by atoms with E-state index in [1.165, 1.54) is 30.2 Å². The predicted molar refractivity (Wildman–Crippen MR) is 69.8 cm³/mol. The summed E-state index contributed by atoms with van der Waals surface area (Å²) in [5.74, 6) is 0.896. The molecule has 0 bridgehead atoms. The van der Waals surface area contributed by atoms with Crippen LogP contribution in [-0.4, -0.2) is 9.97 Å². The lowest BCUT2D eigenvalue weighted by atomic mass is 10.1. The lowest BCUT2D eigenvalue weighted by molar-refractivity contribution is 0.300. The standard InChI is InChI=1S/C14H13ClN2O/c15-14-8-16-12(7-17-14)9-18-13-5-4-10-2-1-3-11(10)6-13/h4-8H,1-3,9H2. The topological polar surface area (TPSA) is 35.0 Å². The van der Waals surface area contributed by atoms with E-state index >= 15 is 0 Å². The van der Waals surface area contributed by atoms with Crippen molar-refractivity contribution in [1.82, 2.24) is 9.97 Å².